The fourth-order valence-corrected chi connectivity index (χ4v) is 10.0. The van der Waals surface area contributed by atoms with Crippen LogP contribution in [0.15, 0.2) is 144 Å². The van der Waals surface area contributed by atoms with Crippen molar-refractivity contribution in [1.29, 1.82) is 0 Å². The topological polar surface area (TPSA) is 236 Å². The minimum absolute atomic E-state index is 0.0154. The Hall–Kier alpha value is -7.84. The van der Waals surface area contributed by atoms with Crippen LogP contribution in [0.25, 0.3) is 22.1 Å². The number of aryl methyl sites for hydroxylation is 2. The number of anilines is 4. The number of benzene rings is 4. The molecular formula is C46H46N10O8S2. The lowest BCUT2D eigenvalue weighted by Crippen LogP contribution is -2.35. The fraction of sp³-hybridized carbons (Fsp3) is 0.174. The van der Waals surface area contributed by atoms with Crippen LogP contribution in [0, 0.1) is 13.8 Å². The third-order valence-electron chi connectivity index (χ3n) is 9.94. The zero-order valence-electron chi connectivity index (χ0n) is 36.3. The van der Waals surface area contributed by atoms with Gasteiger partial charge in [-0.3, -0.25) is 9.59 Å². The average molecular weight is 931 g/mol. The summed E-state index contributed by atoms with van der Waals surface area (Å²) in [7, 11) is -8.16. The maximum atomic E-state index is 13.0. The number of fused-ring (bicyclic) bond motifs is 2. The van der Waals surface area contributed by atoms with E-state index in [0.29, 0.717) is 49.6 Å². The number of nitrogen functional groups attached to an aromatic ring is 1. The molecule has 4 N–H and O–H groups in total. The highest BCUT2D eigenvalue weighted by molar-refractivity contribution is 8.09. The molecule has 4 heterocycles. The molecule has 20 heteroatoms. The van der Waals surface area contributed by atoms with Gasteiger partial charge >= 0.3 is 0 Å². The van der Waals surface area contributed by atoms with Crippen molar-refractivity contribution < 1.29 is 26.5 Å². The first-order chi connectivity index (χ1) is 31.6. The fourth-order valence-electron chi connectivity index (χ4n) is 7.04. The van der Waals surface area contributed by atoms with Gasteiger partial charge in [0.05, 0.1) is 51.7 Å². The second-order valence-electron chi connectivity index (χ2n) is 15.1. The maximum absolute atomic E-state index is 13.0. The van der Waals surface area contributed by atoms with E-state index in [1.54, 1.807) is 19.1 Å². The summed E-state index contributed by atoms with van der Waals surface area (Å²) in [6, 6.07) is 35.6. The van der Waals surface area contributed by atoms with E-state index >= 15 is 0 Å². The first kappa shape index (κ1) is 46.2. The number of sulfonamides is 2. The first-order valence-electron chi connectivity index (χ1n) is 20.3. The summed E-state index contributed by atoms with van der Waals surface area (Å²) in [5.74, 6) is 0. The molecule has 0 amide bonds. The standard InChI is InChI=1S/C24H25N5O6S2.C22H21N5O2/c1-17-23-21(25-14-19-10-7-11-20(12-19)29(36(2,31)32)37(3,33)34)13-22(30)28(24(23)27-16-26-17)35-15-18-8-5-4-6-9-18;1-15-21-19(24-12-17-8-5-9-18(23)10-17)11-20(28)27(22(21)26-14-25-15)29-13-16-6-3-2-4-7-16/h4-13,16,25H,14-15H2,1-3H3;2-11,14,24H,12-13,23H2,1H3. The zero-order chi connectivity index (χ0) is 47.0. The summed E-state index contributed by atoms with van der Waals surface area (Å²) in [6.07, 6.45) is 4.42. The Labute approximate surface area is 380 Å². The number of hydrogen-bond acceptors (Lipinski definition) is 15. The van der Waals surface area contributed by atoms with Gasteiger partial charge < -0.3 is 26.0 Å². The highest BCUT2D eigenvalue weighted by Gasteiger charge is 2.27. The molecule has 8 rings (SSSR count). The number of rotatable bonds is 15. The number of pyridine rings is 2. The van der Waals surface area contributed by atoms with Crippen molar-refractivity contribution in [3.63, 3.8) is 0 Å². The van der Waals surface area contributed by atoms with Gasteiger partial charge in [-0.15, -0.1) is 9.46 Å². The molecule has 0 radical (unpaired) electrons. The van der Waals surface area contributed by atoms with Crippen LogP contribution >= 0.6 is 0 Å². The van der Waals surface area contributed by atoms with Crippen molar-refractivity contribution >= 4 is 64.9 Å². The Morgan fingerprint density at radius 2 is 0.985 bits per heavy atom. The molecule has 0 fully saturated rings. The molecule has 66 heavy (non-hydrogen) atoms. The minimum atomic E-state index is -4.08. The molecule has 0 aliphatic rings. The van der Waals surface area contributed by atoms with E-state index in [-0.39, 0.29) is 36.7 Å². The summed E-state index contributed by atoms with van der Waals surface area (Å²) in [5, 5.41) is 7.78. The van der Waals surface area contributed by atoms with Gasteiger partial charge in [-0.25, -0.2) is 36.8 Å². The Morgan fingerprint density at radius 1 is 0.561 bits per heavy atom. The lowest BCUT2D eigenvalue weighted by Gasteiger charge is -2.20. The molecule has 8 aromatic rings. The van der Waals surface area contributed by atoms with Gasteiger partial charge in [0, 0.05) is 30.9 Å². The number of nitrogens with one attached hydrogen (secondary N) is 2. The molecule has 4 aromatic carbocycles. The molecular weight excluding hydrogens is 885 g/mol. The summed E-state index contributed by atoms with van der Waals surface area (Å²) in [4.78, 5) is 54.4. The van der Waals surface area contributed by atoms with Crippen LogP contribution in [0.3, 0.4) is 0 Å². The second kappa shape index (κ2) is 19.9. The molecule has 0 bridgehead atoms. The van der Waals surface area contributed by atoms with Crippen molar-refractivity contribution in [1.82, 2.24) is 29.4 Å². The van der Waals surface area contributed by atoms with E-state index in [1.165, 1.54) is 41.7 Å². The lowest BCUT2D eigenvalue weighted by molar-refractivity contribution is 0.0979. The lowest BCUT2D eigenvalue weighted by atomic mass is 10.1. The molecule has 0 aliphatic carbocycles. The van der Waals surface area contributed by atoms with Crippen molar-refractivity contribution in [2.24, 2.45) is 0 Å². The van der Waals surface area contributed by atoms with Gasteiger partial charge in [-0.2, -0.15) is 3.71 Å². The largest absolute Gasteiger partial charge is 0.404 e. The third kappa shape index (κ3) is 11.1. The summed E-state index contributed by atoms with van der Waals surface area (Å²) in [5.41, 5.74) is 12.4. The molecule has 18 nitrogen and oxygen atoms in total. The summed E-state index contributed by atoms with van der Waals surface area (Å²) in [6.45, 7) is 4.75. The van der Waals surface area contributed by atoms with E-state index < -0.39 is 25.6 Å². The normalized spacial score (nSPS) is 11.4. The Bertz CT molecular complexity index is 3340. The molecule has 4 aromatic heterocycles. The molecule has 0 spiro atoms. The van der Waals surface area contributed by atoms with E-state index in [2.05, 4.69) is 30.6 Å². The van der Waals surface area contributed by atoms with Crippen LogP contribution in [0.5, 0.6) is 0 Å². The number of hydrogen-bond donors (Lipinski definition) is 3. The second-order valence-corrected chi connectivity index (χ2v) is 19.0. The van der Waals surface area contributed by atoms with Gasteiger partial charge in [-0.05, 0) is 60.4 Å². The number of nitrogens with zero attached hydrogens (tertiary/aromatic N) is 7. The van der Waals surface area contributed by atoms with E-state index in [9.17, 15) is 26.4 Å². The minimum Gasteiger partial charge on any atom is -0.404 e. The smallest absolute Gasteiger partial charge is 0.287 e. The maximum Gasteiger partial charge on any atom is 0.287 e. The number of nitrogens with two attached hydrogens (primary N) is 1. The number of aromatic nitrogens is 6. The summed E-state index contributed by atoms with van der Waals surface area (Å²) < 4.78 is 51.3. The van der Waals surface area contributed by atoms with Gasteiger partial charge in [0.2, 0.25) is 20.0 Å². The van der Waals surface area contributed by atoms with Crippen LogP contribution < -0.4 is 40.9 Å². The van der Waals surface area contributed by atoms with Crippen molar-refractivity contribution in [2.75, 3.05) is 32.6 Å². The van der Waals surface area contributed by atoms with Gasteiger partial charge in [0.1, 0.15) is 25.9 Å². The molecule has 0 saturated heterocycles. The zero-order valence-corrected chi connectivity index (χ0v) is 38.0. The Kier molecular flexibility index (Phi) is 13.9. The SMILES string of the molecule is Cc1ncnc2c1c(NCc1cccc(N(S(C)(=O)=O)S(C)(=O)=O)c1)cc(=O)n2OCc1ccccc1.Cc1ncnc2c1c(NCc1cccc(N)c1)cc(=O)n2OCc1ccccc1. The predicted molar refractivity (Wildman–Crippen MR) is 255 cm³/mol. The molecule has 0 atom stereocenters. The quantitative estimate of drug-likeness (QED) is 0.115. The van der Waals surface area contributed by atoms with Crippen LogP contribution in [0.2, 0.25) is 0 Å². The molecule has 340 valence electrons. The Balaban J connectivity index is 0.000000202. The Morgan fingerprint density at radius 3 is 1.42 bits per heavy atom. The summed E-state index contributed by atoms with van der Waals surface area (Å²) >= 11 is 0. The van der Waals surface area contributed by atoms with Crippen LogP contribution in [0.1, 0.15) is 33.6 Å². The molecule has 0 saturated carbocycles. The monoisotopic (exact) mass is 930 g/mol. The predicted octanol–water partition coefficient (Wildman–Crippen LogP) is 4.99. The van der Waals surface area contributed by atoms with Gasteiger partial charge in [0.15, 0.2) is 11.3 Å². The van der Waals surface area contributed by atoms with Crippen molar-refractivity contribution in [3.05, 3.63) is 188 Å². The van der Waals surface area contributed by atoms with E-state index in [0.717, 1.165) is 45.0 Å². The van der Waals surface area contributed by atoms with E-state index in [4.69, 9.17) is 15.4 Å². The third-order valence-corrected chi connectivity index (χ3v) is 13.2. The van der Waals surface area contributed by atoms with Gasteiger partial charge in [-0.1, -0.05) is 84.9 Å². The van der Waals surface area contributed by atoms with Crippen LogP contribution in [-0.2, 0) is 46.3 Å². The van der Waals surface area contributed by atoms with Gasteiger partial charge in [0.25, 0.3) is 11.1 Å². The molecule has 0 aliphatic heterocycles. The van der Waals surface area contributed by atoms with E-state index in [1.807, 2.05) is 91.9 Å². The highest BCUT2D eigenvalue weighted by atomic mass is 32.3. The highest BCUT2D eigenvalue weighted by Crippen LogP contribution is 2.26. The average Bonchev–Trinajstić information content (AvgIpc) is 3.27. The van der Waals surface area contributed by atoms with Crippen LogP contribution in [0.4, 0.5) is 22.7 Å². The van der Waals surface area contributed by atoms with Crippen molar-refractivity contribution in [2.45, 2.75) is 40.2 Å². The van der Waals surface area contributed by atoms with Crippen LogP contribution in [-0.4, -0.2) is 58.7 Å². The molecule has 0 unspecified atom stereocenters. The van der Waals surface area contributed by atoms with Crippen molar-refractivity contribution in [3.8, 4) is 0 Å². The first-order valence-corrected chi connectivity index (χ1v) is 24.0.